The molecule has 0 bridgehead atoms. The van der Waals surface area contributed by atoms with Crippen molar-refractivity contribution in [2.75, 3.05) is 0 Å². The molecule has 0 radical (unpaired) electrons. The van der Waals surface area contributed by atoms with Crippen LogP contribution < -0.4 is 4.74 Å². The highest BCUT2D eigenvalue weighted by molar-refractivity contribution is 5.72. The number of aryl methyl sites for hydroxylation is 2. The van der Waals surface area contributed by atoms with Crippen LogP contribution in [-0.4, -0.2) is 5.97 Å². The lowest BCUT2D eigenvalue weighted by Gasteiger charge is -2.06. The number of carbonyl (C=O) groups excluding carboxylic acids is 1. The monoisotopic (exact) mass is 240 g/mol. The summed E-state index contributed by atoms with van der Waals surface area (Å²) in [5.41, 5.74) is 2.41. The van der Waals surface area contributed by atoms with Gasteiger partial charge in [-0.1, -0.05) is 42.5 Å². The van der Waals surface area contributed by atoms with Crippen molar-refractivity contribution in [3.8, 4) is 5.75 Å². The summed E-state index contributed by atoms with van der Waals surface area (Å²) < 4.78 is 5.24. The van der Waals surface area contributed by atoms with Crippen LogP contribution in [0.5, 0.6) is 5.75 Å². The highest BCUT2D eigenvalue weighted by Gasteiger charge is 2.06. The van der Waals surface area contributed by atoms with E-state index in [4.69, 9.17) is 4.74 Å². The molecular weight excluding hydrogens is 224 g/mol. The van der Waals surface area contributed by atoms with E-state index in [0.29, 0.717) is 12.2 Å². The van der Waals surface area contributed by atoms with Gasteiger partial charge in [-0.05, 0) is 36.6 Å². The molecule has 18 heavy (non-hydrogen) atoms. The second-order valence-corrected chi connectivity index (χ2v) is 4.21. The summed E-state index contributed by atoms with van der Waals surface area (Å²) in [5, 5.41) is 0. The average Bonchev–Trinajstić information content (AvgIpc) is 2.39. The molecule has 2 nitrogen and oxygen atoms in total. The minimum absolute atomic E-state index is 0.190. The number of benzene rings is 2. The lowest BCUT2D eigenvalue weighted by Crippen LogP contribution is -2.09. The Morgan fingerprint density at radius 3 is 2.39 bits per heavy atom. The third-order valence-corrected chi connectivity index (χ3v) is 2.83. The van der Waals surface area contributed by atoms with Gasteiger partial charge in [0.25, 0.3) is 0 Å². The molecule has 0 amide bonds. The third kappa shape index (κ3) is 3.45. The minimum Gasteiger partial charge on any atom is -0.427 e. The highest BCUT2D eigenvalue weighted by Crippen LogP contribution is 2.12. The lowest BCUT2D eigenvalue weighted by atomic mass is 10.0. The van der Waals surface area contributed by atoms with Crippen molar-refractivity contribution in [2.45, 2.75) is 19.8 Å². The lowest BCUT2D eigenvalue weighted by molar-refractivity contribution is -0.134. The number of hydrogen-bond acceptors (Lipinski definition) is 2. The first-order valence-electron chi connectivity index (χ1n) is 6.06. The quantitative estimate of drug-likeness (QED) is 0.603. The van der Waals surface area contributed by atoms with Gasteiger partial charge in [0.1, 0.15) is 5.75 Å². The topological polar surface area (TPSA) is 26.3 Å². The molecule has 0 N–H and O–H groups in total. The van der Waals surface area contributed by atoms with Crippen LogP contribution in [0.2, 0.25) is 0 Å². The SMILES string of the molecule is Cc1ccccc1CCC(=O)Oc1ccccc1. The summed E-state index contributed by atoms with van der Waals surface area (Å²) in [6, 6.07) is 17.3. The van der Waals surface area contributed by atoms with E-state index in [1.807, 2.05) is 36.4 Å². The molecule has 2 heteroatoms. The van der Waals surface area contributed by atoms with Crippen LogP contribution in [0.3, 0.4) is 0 Å². The standard InChI is InChI=1S/C16H16O2/c1-13-7-5-6-8-14(13)11-12-16(17)18-15-9-3-2-4-10-15/h2-10H,11-12H2,1H3. The van der Waals surface area contributed by atoms with Gasteiger partial charge in [-0.15, -0.1) is 0 Å². The van der Waals surface area contributed by atoms with E-state index in [2.05, 4.69) is 13.0 Å². The fraction of sp³-hybridized carbons (Fsp3) is 0.188. The van der Waals surface area contributed by atoms with E-state index in [1.54, 1.807) is 12.1 Å². The first kappa shape index (κ1) is 12.4. The van der Waals surface area contributed by atoms with Crippen LogP contribution in [0.15, 0.2) is 54.6 Å². The van der Waals surface area contributed by atoms with Gasteiger partial charge in [-0.3, -0.25) is 4.79 Å². The minimum atomic E-state index is -0.190. The van der Waals surface area contributed by atoms with Gasteiger partial charge in [-0.2, -0.15) is 0 Å². The number of hydrogen-bond donors (Lipinski definition) is 0. The summed E-state index contributed by atoms with van der Waals surface area (Å²) in [4.78, 5) is 11.7. The first-order valence-corrected chi connectivity index (χ1v) is 6.06. The molecule has 0 atom stereocenters. The van der Waals surface area contributed by atoms with Crippen molar-refractivity contribution in [2.24, 2.45) is 0 Å². The molecule has 0 fully saturated rings. The summed E-state index contributed by atoms with van der Waals surface area (Å²) in [5.74, 6) is 0.414. The van der Waals surface area contributed by atoms with Crippen LogP contribution in [0.1, 0.15) is 17.5 Å². The third-order valence-electron chi connectivity index (χ3n) is 2.83. The van der Waals surface area contributed by atoms with Crippen LogP contribution in [0.25, 0.3) is 0 Å². The molecule has 0 aliphatic heterocycles. The van der Waals surface area contributed by atoms with Crippen molar-refractivity contribution in [1.82, 2.24) is 0 Å². The zero-order valence-corrected chi connectivity index (χ0v) is 10.4. The van der Waals surface area contributed by atoms with E-state index in [9.17, 15) is 4.79 Å². The smallest absolute Gasteiger partial charge is 0.311 e. The number of carbonyl (C=O) groups is 1. The van der Waals surface area contributed by atoms with Crippen molar-refractivity contribution in [3.05, 3.63) is 65.7 Å². The number of rotatable bonds is 4. The largest absolute Gasteiger partial charge is 0.427 e. The molecule has 92 valence electrons. The summed E-state index contributed by atoms with van der Waals surface area (Å²) >= 11 is 0. The van der Waals surface area contributed by atoms with Crippen LogP contribution in [0, 0.1) is 6.92 Å². The molecule has 2 aromatic rings. The Balaban J connectivity index is 1.88. The second-order valence-electron chi connectivity index (χ2n) is 4.21. The average molecular weight is 240 g/mol. The molecule has 2 rings (SSSR count). The molecule has 0 heterocycles. The number of para-hydroxylation sites is 1. The van der Waals surface area contributed by atoms with E-state index >= 15 is 0 Å². The van der Waals surface area contributed by atoms with Gasteiger partial charge in [-0.25, -0.2) is 0 Å². The van der Waals surface area contributed by atoms with E-state index in [0.717, 1.165) is 6.42 Å². The second kappa shape index (κ2) is 6.01. The molecule has 0 saturated carbocycles. The fourth-order valence-corrected chi connectivity index (χ4v) is 1.80. The van der Waals surface area contributed by atoms with Gasteiger partial charge in [0.2, 0.25) is 0 Å². The predicted octanol–water partition coefficient (Wildman–Crippen LogP) is 3.53. The van der Waals surface area contributed by atoms with E-state index in [1.165, 1.54) is 11.1 Å². The zero-order chi connectivity index (χ0) is 12.8. The molecular formula is C16H16O2. The van der Waals surface area contributed by atoms with Crippen LogP contribution >= 0.6 is 0 Å². The summed E-state index contributed by atoms with van der Waals surface area (Å²) in [6.45, 7) is 2.05. The Bertz CT molecular complexity index is 518. The Kier molecular flexibility index (Phi) is 4.13. The zero-order valence-electron chi connectivity index (χ0n) is 10.4. The van der Waals surface area contributed by atoms with Gasteiger partial charge in [0.15, 0.2) is 0 Å². The molecule has 0 aliphatic rings. The van der Waals surface area contributed by atoms with E-state index < -0.39 is 0 Å². The number of ether oxygens (including phenoxy) is 1. The fourth-order valence-electron chi connectivity index (χ4n) is 1.80. The summed E-state index contributed by atoms with van der Waals surface area (Å²) in [6.07, 6.45) is 1.12. The maximum absolute atomic E-state index is 11.7. The predicted molar refractivity (Wildman–Crippen MR) is 71.6 cm³/mol. The van der Waals surface area contributed by atoms with Crippen molar-refractivity contribution in [1.29, 1.82) is 0 Å². The Labute approximate surface area is 107 Å². The highest BCUT2D eigenvalue weighted by atomic mass is 16.5. The van der Waals surface area contributed by atoms with Gasteiger partial charge < -0.3 is 4.74 Å². The molecule has 0 spiro atoms. The van der Waals surface area contributed by atoms with Crippen LogP contribution in [-0.2, 0) is 11.2 Å². The van der Waals surface area contributed by atoms with E-state index in [-0.39, 0.29) is 5.97 Å². The maximum Gasteiger partial charge on any atom is 0.311 e. The van der Waals surface area contributed by atoms with Crippen molar-refractivity contribution >= 4 is 5.97 Å². The molecule has 0 saturated heterocycles. The van der Waals surface area contributed by atoms with Crippen molar-refractivity contribution in [3.63, 3.8) is 0 Å². The molecule has 0 unspecified atom stereocenters. The summed E-state index contributed by atoms with van der Waals surface area (Å²) in [7, 11) is 0. The van der Waals surface area contributed by atoms with Gasteiger partial charge in [0, 0.05) is 6.42 Å². The normalized spacial score (nSPS) is 10.1. The Hall–Kier alpha value is -2.09. The molecule has 0 aliphatic carbocycles. The van der Waals surface area contributed by atoms with Gasteiger partial charge >= 0.3 is 5.97 Å². The molecule has 2 aromatic carbocycles. The van der Waals surface area contributed by atoms with Crippen molar-refractivity contribution < 1.29 is 9.53 Å². The Morgan fingerprint density at radius 2 is 1.67 bits per heavy atom. The number of esters is 1. The van der Waals surface area contributed by atoms with Crippen LogP contribution in [0.4, 0.5) is 0 Å². The Morgan fingerprint density at radius 1 is 1.00 bits per heavy atom. The van der Waals surface area contributed by atoms with Gasteiger partial charge in [0.05, 0.1) is 0 Å². The first-order chi connectivity index (χ1) is 8.75. The maximum atomic E-state index is 11.7. The molecule has 0 aromatic heterocycles.